The van der Waals surface area contributed by atoms with Crippen molar-refractivity contribution in [3.8, 4) is 0 Å². The highest BCUT2D eigenvalue weighted by molar-refractivity contribution is 6.30. The van der Waals surface area contributed by atoms with Gasteiger partial charge in [0, 0.05) is 16.8 Å². The van der Waals surface area contributed by atoms with E-state index < -0.39 is 0 Å². The molecule has 1 fully saturated rings. The van der Waals surface area contributed by atoms with E-state index in [4.69, 9.17) is 11.6 Å². The number of nitrogens with one attached hydrogen (secondary N) is 2. The zero-order valence-corrected chi connectivity index (χ0v) is 11.4. The normalized spacial score (nSPS) is 15.7. The van der Waals surface area contributed by atoms with Crippen LogP contribution in [0, 0.1) is 6.92 Å². The maximum Gasteiger partial charge on any atom is 0.239 e. The van der Waals surface area contributed by atoms with Gasteiger partial charge in [0.1, 0.15) is 0 Å². The molecule has 2 rings (SSSR count). The van der Waals surface area contributed by atoms with E-state index in [-0.39, 0.29) is 5.91 Å². The number of hydrogen-bond acceptors (Lipinski definition) is 2. The summed E-state index contributed by atoms with van der Waals surface area (Å²) in [7, 11) is 0. The number of rotatable bonds is 4. The van der Waals surface area contributed by atoms with Crippen molar-refractivity contribution in [2.45, 2.75) is 38.6 Å². The topological polar surface area (TPSA) is 41.1 Å². The highest BCUT2D eigenvalue weighted by Gasteiger charge is 2.16. The van der Waals surface area contributed by atoms with Crippen LogP contribution in [0.15, 0.2) is 18.2 Å². The molecule has 18 heavy (non-hydrogen) atoms. The Morgan fingerprint density at radius 3 is 2.78 bits per heavy atom. The maximum atomic E-state index is 11.8. The van der Waals surface area contributed by atoms with Gasteiger partial charge in [0.2, 0.25) is 5.91 Å². The molecule has 0 heterocycles. The molecule has 2 N–H and O–H groups in total. The second-order valence-corrected chi connectivity index (χ2v) is 5.30. The highest BCUT2D eigenvalue weighted by atomic mass is 35.5. The lowest BCUT2D eigenvalue weighted by atomic mass is 10.2. The fourth-order valence-electron chi connectivity index (χ4n) is 2.35. The van der Waals surface area contributed by atoms with Gasteiger partial charge < -0.3 is 10.6 Å². The number of aryl methyl sites for hydroxylation is 1. The second-order valence-electron chi connectivity index (χ2n) is 4.86. The van der Waals surface area contributed by atoms with Crippen LogP contribution in [0.1, 0.15) is 31.2 Å². The number of halogens is 1. The minimum atomic E-state index is 0.0660. The van der Waals surface area contributed by atoms with E-state index in [1.165, 1.54) is 12.8 Å². The molecule has 0 unspecified atom stereocenters. The molecule has 0 saturated heterocycles. The van der Waals surface area contributed by atoms with Gasteiger partial charge in [-0.3, -0.25) is 4.79 Å². The maximum absolute atomic E-state index is 11.8. The molecule has 1 aliphatic carbocycles. The number of carbonyl (C=O) groups is 1. The van der Waals surface area contributed by atoms with Gasteiger partial charge in [-0.15, -0.1) is 0 Å². The molecule has 1 aromatic carbocycles. The first-order chi connectivity index (χ1) is 8.65. The number of amides is 1. The monoisotopic (exact) mass is 266 g/mol. The van der Waals surface area contributed by atoms with Gasteiger partial charge in [0.05, 0.1) is 6.54 Å². The van der Waals surface area contributed by atoms with Crippen molar-refractivity contribution >= 4 is 23.2 Å². The Kier molecular flexibility index (Phi) is 4.48. The molecule has 0 spiro atoms. The van der Waals surface area contributed by atoms with E-state index >= 15 is 0 Å². The Morgan fingerprint density at radius 2 is 2.11 bits per heavy atom. The number of carbonyl (C=O) groups excluding carboxylic acids is 1. The van der Waals surface area contributed by atoms with Crippen LogP contribution in [-0.2, 0) is 4.79 Å². The van der Waals surface area contributed by atoms with Crippen molar-refractivity contribution in [1.82, 2.24) is 5.32 Å². The minimum absolute atomic E-state index is 0.0660. The highest BCUT2D eigenvalue weighted by Crippen LogP contribution is 2.19. The summed E-state index contributed by atoms with van der Waals surface area (Å²) in [6.07, 6.45) is 4.70. The number of anilines is 1. The SMILES string of the molecule is Cc1cc(Cl)ccc1NCC(=O)NC1CCCC1. The van der Waals surface area contributed by atoms with E-state index in [0.29, 0.717) is 17.6 Å². The summed E-state index contributed by atoms with van der Waals surface area (Å²) >= 11 is 5.89. The molecule has 0 aromatic heterocycles. The van der Waals surface area contributed by atoms with Crippen molar-refractivity contribution < 1.29 is 4.79 Å². The standard InChI is InChI=1S/C14H19ClN2O/c1-10-8-11(15)6-7-13(10)16-9-14(18)17-12-4-2-3-5-12/h6-8,12,16H,2-5,9H2,1H3,(H,17,18). The van der Waals surface area contributed by atoms with Crippen molar-refractivity contribution in [1.29, 1.82) is 0 Å². The van der Waals surface area contributed by atoms with Crippen molar-refractivity contribution in [2.75, 3.05) is 11.9 Å². The number of hydrogen-bond donors (Lipinski definition) is 2. The molecule has 1 amide bonds. The quantitative estimate of drug-likeness (QED) is 0.879. The zero-order chi connectivity index (χ0) is 13.0. The molecule has 3 nitrogen and oxygen atoms in total. The van der Waals surface area contributed by atoms with E-state index in [0.717, 1.165) is 24.1 Å². The zero-order valence-electron chi connectivity index (χ0n) is 10.6. The van der Waals surface area contributed by atoms with Crippen molar-refractivity contribution in [3.63, 3.8) is 0 Å². The molecule has 0 atom stereocenters. The van der Waals surface area contributed by atoms with Crippen LogP contribution in [0.5, 0.6) is 0 Å². The van der Waals surface area contributed by atoms with Gasteiger partial charge in [-0.1, -0.05) is 24.4 Å². The molecule has 1 saturated carbocycles. The van der Waals surface area contributed by atoms with Crippen molar-refractivity contribution in [3.05, 3.63) is 28.8 Å². The Bertz CT molecular complexity index is 428. The molecule has 0 aliphatic heterocycles. The summed E-state index contributed by atoms with van der Waals surface area (Å²) in [4.78, 5) is 11.8. The molecular formula is C14H19ClN2O. The summed E-state index contributed by atoms with van der Waals surface area (Å²) in [6, 6.07) is 6.00. The lowest BCUT2D eigenvalue weighted by molar-refractivity contribution is -0.120. The molecule has 0 radical (unpaired) electrons. The predicted octanol–water partition coefficient (Wildman–Crippen LogP) is 3.12. The smallest absolute Gasteiger partial charge is 0.239 e. The fourth-order valence-corrected chi connectivity index (χ4v) is 2.58. The first kappa shape index (κ1) is 13.2. The Labute approximate surface area is 113 Å². The van der Waals surface area contributed by atoms with Crippen LogP contribution in [-0.4, -0.2) is 18.5 Å². The summed E-state index contributed by atoms with van der Waals surface area (Å²) in [5.74, 6) is 0.0660. The average Bonchev–Trinajstić information content (AvgIpc) is 2.80. The number of benzene rings is 1. The van der Waals surface area contributed by atoms with Gasteiger partial charge in [-0.2, -0.15) is 0 Å². The van der Waals surface area contributed by atoms with E-state index in [2.05, 4.69) is 10.6 Å². The second kappa shape index (κ2) is 6.10. The van der Waals surface area contributed by atoms with Crippen molar-refractivity contribution in [2.24, 2.45) is 0 Å². The molecule has 98 valence electrons. The van der Waals surface area contributed by atoms with E-state index in [1.807, 2.05) is 25.1 Å². The van der Waals surface area contributed by atoms with Crippen LogP contribution < -0.4 is 10.6 Å². The summed E-state index contributed by atoms with van der Waals surface area (Å²) < 4.78 is 0. The third-order valence-electron chi connectivity index (χ3n) is 3.35. The third-order valence-corrected chi connectivity index (χ3v) is 3.58. The van der Waals surface area contributed by atoms with Gasteiger partial charge in [-0.05, 0) is 43.5 Å². The molecule has 4 heteroatoms. The Balaban J connectivity index is 1.81. The van der Waals surface area contributed by atoms with Gasteiger partial charge in [-0.25, -0.2) is 0 Å². The summed E-state index contributed by atoms with van der Waals surface area (Å²) in [6.45, 7) is 2.29. The van der Waals surface area contributed by atoms with Gasteiger partial charge in [0.25, 0.3) is 0 Å². The predicted molar refractivity (Wildman–Crippen MR) is 75.1 cm³/mol. The Morgan fingerprint density at radius 1 is 1.39 bits per heavy atom. The lowest BCUT2D eigenvalue weighted by Gasteiger charge is -2.13. The van der Waals surface area contributed by atoms with Crippen LogP contribution in [0.2, 0.25) is 5.02 Å². The fraction of sp³-hybridized carbons (Fsp3) is 0.500. The first-order valence-corrected chi connectivity index (χ1v) is 6.82. The minimum Gasteiger partial charge on any atom is -0.376 e. The molecule has 1 aliphatic rings. The summed E-state index contributed by atoms with van der Waals surface area (Å²) in [5, 5.41) is 6.91. The average molecular weight is 267 g/mol. The summed E-state index contributed by atoms with van der Waals surface area (Å²) in [5.41, 5.74) is 2.01. The van der Waals surface area contributed by atoms with E-state index in [9.17, 15) is 4.79 Å². The van der Waals surface area contributed by atoms with Crippen LogP contribution >= 0.6 is 11.6 Å². The van der Waals surface area contributed by atoms with Gasteiger partial charge >= 0.3 is 0 Å². The first-order valence-electron chi connectivity index (χ1n) is 6.44. The molecular weight excluding hydrogens is 248 g/mol. The molecule has 1 aromatic rings. The van der Waals surface area contributed by atoms with Gasteiger partial charge in [0.15, 0.2) is 0 Å². The Hall–Kier alpha value is -1.22. The van der Waals surface area contributed by atoms with E-state index in [1.54, 1.807) is 0 Å². The molecule has 0 bridgehead atoms. The lowest BCUT2D eigenvalue weighted by Crippen LogP contribution is -2.36. The van der Waals surface area contributed by atoms with Crippen LogP contribution in [0.25, 0.3) is 0 Å². The van der Waals surface area contributed by atoms with Crippen LogP contribution in [0.4, 0.5) is 5.69 Å². The third kappa shape index (κ3) is 3.64. The largest absolute Gasteiger partial charge is 0.376 e. The van der Waals surface area contributed by atoms with Crippen LogP contribution in [0.3, 0.4) is 0 Å².